The fourth-order valence-corrected chi connectivity index (χ4v) is 2.78. The van der Waals surface area contributed by atoms with Gasteiger partial charge in [-0.15, -0.1) is 11.3 Å². The molecule has 0 radical (unpaired) electrons. The van der Waals surface area contributed by atoms with Crippen LogP contribution in [0, 0.1) is 6.92 Å². The van der Waals surface area contributed by atoms with E-state index < -0.39 is 0 Å². The first-order valence-electron chi connectivity index (χ1n) is 6.51. The Morgan fingerprint density at radius 3 is 2.52 bits per heavy atom. The Hall–Kier alpha value is -2.14. The molecule has 2 rings (SSSR count). The topological polar surface area (TPSA) is 41.9 Å². The van der Waals surface area contributed by atoms with Crippen LogP contribution in [0.5, 0.6) is 0 Å². The quantitative estimate of drug-likeness (QED) is 0.491. The van der Waals surface area contributed by atoms with Gasteiger partial charge in [0.25, 0.3) is 0 Å². The minimum Gasteiger partial charge on any atom is -0.465 e. The van der Waals surface area contributed by atoms with Crippen molar-refractivity contribution in [2.24, 2.45) is 4.99 Å². The molecule has 0 N–H and O–H groups in total. The summed E-state index contributed by atoms with van der Waals surface area (Å²) in [5.41, 5.74) is 2.91. The van der Waals surface area contributed by atoms with E-state index in [1.165, 1.54) is 24.0 Å². The summed E-state index contributed by atoms with van der Waals surface area (Å²) in [6.07, 6.45) is 1.67. The Morgan fingerprint density at radius 1 is 1.29 bits per heavy atom. The number of aryl methyl sites for hydroxylation is 1. The van der Waals surface area contributed by atoms with Gasteiger partial charge in [0, 0.05) is 19.0 Å². The normalized spacial score (nSPS) is 10.9. The fourth-order valence-electron chi connectivity index (χ4n) is 1.75. The number of carbonyl (C=O) groups is 1. The molecular formula is C16H18N2O2S. The van der Waals surface area contributed by atoms with Crippen LogP contribution in [0.25, 0.3) is 10.4 Å². The molecule has 0 saturated carbocycles. The van der Waals surface area contributed by atoms with Gasteiger partial charge in [-0.2, -0.15) is 0 Å². The smallest absolute Gasteiger partial charge is 0.350 e. The number of aliphatic imine (C=N–C) groups is 1. The Balaban J connectivity index is 2.44. The molecule has 4 nitrogen and oxygen atoms in total. The van der Waals surface area contributed by atoms with Crippen molar-refractivity contribution in [1.29, 1.82) is 0 Å². The van der Waals surface area contributed by atoms with Crippen LogP contribution in [0.2, 0.25) is 0 Å². The lowest BCUT2D eigenvalue weighted by Crippen LogP contribution is -2.07. The van der Waals surface area contributed by atoms with E-state index in [2.05, 4.69) is 17.1 Å². The van der Waals surface area contributed by atoms with Gasteiger partial charge in [0.05, 0.1) is 19.1 Å². The molecule has 1 heterocycles. The van der Waals surface area contributed by atoms with Crippen LogP contribution in [-0.2, 0) is 4.74 Å². The highest BCUT2D eigenvalue weighted by Gasteiger charge is 2.17. The van der Waals surface area contributed by atoms with E-state index in [0.29, 0.717) is 10.6 Å². The molecule has 21 heavy (non-hydrogen) atoms. The number of hydrogen-bond acceptors (Lipinski definition) is 4. The van der Waals surface area contributed by atoms with E-state index in [-0.39, 0.29) is 5.97 Å². The molecule has 0 fully saturated rings. The SMILES string of the molecule is COC(=O)c1sc(-c2ccc(C)cc2)cc1N=CN(C)C. The molecular weight excluding hydrogens is 284 g/mol. The molecule has 0 amide bonds. The van der Waals surface area contributed by atoms with Crippen molar-refractivity contribution in [3.8, 4) is 10.4 Å². The third-order valence-corrected chi connectivity index (χ3v) is 4.00. The van der Waals surface area contributed by atoms with Gasteiger partial charge in [-0.1, -0.05) is 29.8 Å². The van der Waals surface area contributed by atoms with Crippen molar-refractivity contribution < 1.29 is 9.53 Å². The zero-order valence-electron chi connectivity index (χ0n) is 12.6. The van der Waals surface area contributed by atoms with Crippen LogP contribution < -0.4 is 0 Å². The number of carbonyl (C=O) groups excluding carboxylic acids is 1. The van der Waals surface area contributed by atoms with Crippen LogP contribution in [0.1, 0.15) is 15.2 Å². The average molecular weight is 302 g/mol. The second-order valence-electron chi connectivity index (χ2n) is 4.89. The number of methoxy groups -OCH3 is 1. The van der Waals surface area contributed by atoms with Gasteiger partial charge in [0.2, 0.25) is 0 Å². The number of nitrogens with zero attached hydrogens (tertiary/aromatic N) is 2. The molecule has 0 aliphatic rings. The standard InChI is InChI=1S/C16H18N2O2S/c1-11-5-7-12(8-6-11)14-9-13(17-10-18(2)3)15(21-14)16(19)20-4/h5-10H,1-4H3. The van der Waals surface area contributed by atoms with Crippen molar-refractivity contribution >= 4 is 29.3 Å². The van der Waals surface area contributed by atoms with Crippen molar-refractivity contribution in [3.05, 3.63) is 40.8 Å². The molecule has 5 heteroatoms. The zero-order chi connectivity index (χ0) is 15.4. The van der Waals surface area contributed by atoms with Gasteiger partial charge < -0.3 is 9.64 Å². The number of thiophene rings is 1. The Morgan fingerprint density at radius 2 is 1.95 bits per heavy atom. The number of benzene rings is 1. The summed E-state index contributed by atoms with van der Waals surface area (Å²) in [4.78, 5) is 19.6. The predicted molar refractivity (Wildman–Crippen MR) is 87.7 cm³/mol. The van der Waals surface area contributed by atoms with Crippen LogP contribution in [0.3, 0.4) is 0 Å². The molecule has 0 saturated heterocycles. The molecule has 0 aliphatic heterocycles. The van der Waals surface area contributed by atoms with Crippen LogP contribution in [-0.4, -0.2) is 38.4 Å². The zero-order valence-corrected chi connectivity index (χ0v) is 13.4. The molecule has 1 aromatic heterocycles. The molecule has 2 aromatic rings. The summed E-state index contributed by atoms with van der Waals surface area (Å²) in [7, 11) is 5.15. The van der Waals surface area contributed by atoms with Gasteiger partial charge in [0.1, 0.15) is 4.88 Å². The van der Waals surface area contributed by atoms with Crippen LogP contribution >= 0.6 is 11.3 Å². The van der Waals surface area contributed by atoms with Gasteiger partial charge in [-0.05, 0) is 18.6 Å². The first-order valence-corrected chi connectivity index (χ1v) is 7.32. The Labute approximate surface area is 128 Å². The maximum Gasteiger partial charge on any atom is 0.350 e. The second-order valence-corrected chi connectivity index (χ2v) is 5.94. The summed E-state index contributed by atoms with van der Waals surface area (Å²) < 4.78 is 4.84. The predicted octanol–water partition coefficient (Wildman–Crippen LogP) is 3.73. The third-order valence-electron chi connectivity index (χ3n) is 2.85. The highest BCUT2D eigenvalue weighted by atomic mass is 32.1. The summed E-state index contributed by atoms with van der Waals surface area (Å²) >= 11 is 1.40. The minimum atomic E-state index is -0.357. The lowest BCUT2D eigenvalue weighted by atomic mass is 10.1. The summed E-state index contributed by atoms with van der Waals surface area (Å²) in [6, 6.07) is 10.1. The van der Waals surface area contributed by atoms with Gasteiger partial charge >= 0.3 is 5.97 Å². The van der Waals surface area contributed by atoms with E-state index >= 15 is 0 Å². The van der Waals surface area contributed by atoms with E-state index in [9.17, 15) is 4.79 Å². The fraction of sp³-hybridized carbons (Fsp3) is 0.250. The highest BCUT2D eigenvalue weighted by molar-refractivity contribution is 7.18. The van der Waals surface area contributed by atoms with Crippen LogP contribution in [0.15, 0.2) is 35.3 Å². The summed E-state index contributed by atoms with van der Waals surface area (Å²) in [5, 5.41) is 0. The maximum atomic E-state index is 11.9. The number of rotatable bonds is 4. The minimum absolute atomic E-state index is 0.357. The van der Waals surface area contributed by atoms with Gasteiger partial charge in [-0.3, -0.25) is 0 Å². The molecule has 0 unspecified atom stereocenters. The molecule has 0 atom stereocenters. The van der Waals surface area contributed by atoms with E-state index in [4.69, 9.17) is 4.74 Å². The summed E-state index contributed by atoms with van der Waals surface area (Å²) in [6.45, 7) is 2.05. The van der Waals surface area contributed by atoms with Gasteiger partial charge in [-0.25, -0.2) is 9.79 Å². The summed E-state index contributed by atoms with van der Waals surface area (Å²) in [5.74, 6) is -0.357. The Kier molecular flexibility index (Phi) is 4.75. The van der Waals surface area contributed by atoms with Gasteiger partial charge in [0.15, 0.2) is 0 Å². The first kappa shape index (κ1) is 15.3. The largest absolute Gasteiger partial charge is 0.465 e. The molecule has 0 aliphatic carbocycles. The third kappa shape index (κ3) is 3.70. The second kappa shape index (κ2) is 6.54. The highest BCUT2D eigenvalue weighted by Crippen LogP contribution is 2.36. The average Bonchev–Trinajstić information content (AvgIpc) is 2.89. The Bertz CT molecular complexity index is 657. The van der Waals surface area contributed by atoms with E-state index in [0.717, 1.165) is 10.4 Å². The van der Waals surface area contributed by atoms with Crippen LogP contribution in [0.4, 0.5) is 5.69 Å². The molecule has 0 bridgehead atoms. The monoisotopic (exact) mass is 302 g/mol. The van der Waals surface area contributed by atoms with Crippen molar-refractivity contribution in [3.63, 3.8) is 0 Å². The molecule has 1 aromatic carbocycles. The van der Waals surface area contributed by atoms with Crippen molar-refractivity contribution in [2.45, 2.75) is 6.92 Å². The first-order chi connectivity index (χ1) is 10.0. The van der Waals surface area contributed by atoms with Crippen molar-refractivity contribution in [1.82, 2.24) is 4.90 Å². The molecule has 110 valence electrons. The lowest BCUT2D eigenvalue weighted by Gasteiger charge is -2.02. The van der Waals surface area contributed by atoms with E-state index in [1.807, 2.05) is 44.1 Å². The maximum absolute atomic E-state index is 11.9. The number of esters is 1. The van der Waals surface area contributed by atoms with Crippen molar-refractivity contribution in [2.75, 3.05) is 21.2 Å². The lowest BCUT2D eigenvalue weighted by molar-refractivity contribution is 0.0607. The number of ether oxygens (including phenoxy) is 1. The number of hydrogen-bond donors (Lipinski definition) is 0. The van der Waals surface area contributed by atoms with E-state index in [1.54, 1.807) is 6.34 Å². The molecule has 0 spiro atoms.